The minimum Gasteiger partial charge on any atom is -0.378 e. The lowest BCUT2D eigenvalue weighted by Gasteiger charge is -2.17. The predicted molar refractivity (Wildman–Crippen MR) is 84.9 cm³/mol. The van der Waals surface area contributed by atoms with Crippen LogP contribution in [0.2, 0.25) is 0 Å². The molecule has 0 bridgehead atoms. The highest BCUT2D eigenvalue weighted by atomic mass is 19.1. The zero-order valence-corrected chi connectivity index (χ0v) is 12.1. The van der Waals surface area contributed by atoms with Crippen molar-refractivity contribution in [2.75, 3.05) is 5.32 Å². The molecule has 0 amide bonds. The number of hydrogen-bond donors (Lipinski definition) is 1. The van der Waals surface area contributed by atoms with Gasteiger partial charge in [-0.15, -0.1) is 0 Å². The SMILES string of the molecule is Cc1ccc(C(C)Nc2cccc3cnccc23)cc1F. The maximum absolute atomic E-state index is 13.7. The smallest absolute Gasteiger partial charge is 0.126 e. The topological polar surface area (TPSA) is 24.9 Å². The van der Waals surface area contributed by atoms with Crippen LogP contribution in [0.25, 0.3) is 10.8 Å². The molecular weight excluding hydrogens is 263 g/mol. The lowest BCUT2D eigenvalue weighted by Crippen LogP contribution is -2.07. The highest BCUT2D eigenvalue weighted by Crippen LogP contribution is 2.27. The lowest BCUT2D eigenvalue weighted by molar-refractivity contribution is 0.614. The van der Waals surface area contributed by atoms with Gasteiger partial charge in [-0.2, -0.15) is 0 Å². The van der Waals surface area contributed by atoms with Crippen molar-refractivity contribution in [1.29, 1.82) is 0 Å². The van der Waals surface area contributed by atoms with Crippen molar-refractivity contribution in [3.8, 4) is 0 Å². The van der Waals surface area contributed by atoms with Gasteiger partial charge in [0.2, 0.25) is 0 Å². The van der Waals surface area contributed by atoms with Crippen molar-refractivity contribution in [2.45, 2.75) is 19.9 Å². The first-order valence-corrected chi connectivity index (χ1v) is 7.00. The van der Waals surface area contributed by atoms with Gasteiger partial charge in [0.15, 0.2) is 0 Å². The van der Waals surface area contributed by atoms with Crippen LogP contribution in [-0.4, -0.2) is 4.98 Å². The number of anilines is 1. The molecule has 2 aromatic carbocycles. The molecule has 0 aliphatic rings. The molecule has 0 aliphatic heterocycles. The zero-order chi connectivity index (χ0) is 14.8. The summed E-state index contributed by atoms with van der Waals surface area (Å²) in [5.74, 6) is -0.164. The van der Waals surface area contributed by atoms with E-state index < -0.39 is 0 Å². The van der Waals surface area contributed by atoms with Crippen molar-refractivity contribution in [3.63, 3.8) is 0 Å². The number of halogens is 1. The van der Waals surface area contributed by atoms with Gasteiger partial charge in [0, 0.05) is 34.9 Å². The molecule has 21 heavy (non-hydrogen) atoms. The minimum atomic E-state index is -0.164. The largest absolute Gasteiger partial charge is 0.378 e. The summed E-state index contributed by atoms with van der Waals surface area (Å²) in [7, 11) is 0. The third kappa shape index (κ3) is 2.72. The van der Waals surface area contributed by atoms with Gasteiger partial charge in [-0.3, -0.25) is 4.98 Å². The van der Waals surface area contributed by atoms with Gasteiger partial charge in [0.05, 0.1) is 0 Å². The van der Waals surface area contributed by atoms with E-state index in [1.165, 1.54) is 0 Å². The van der Waals surface area contributed by atoms with Crippen LogP contribution in [0, 0.1) is 12.7 Å². The Morgan fingerprint density at radius 3 is 2.81 bits per heavy atom. The molecule has 0 fully saturated rings. The number of fused-ring (bicyclic) bond motifs is 1. The molecule has 0 radical (unpaired) electrons. The minimum absolute atomic E-state index is 0.0267. The first kappa shape index (κ1) is 13.6. The Morgan fingerprint density at radius 2 is 2.00 bits per heavy atom. The van der Waals surface area contributed by atoms with E-state index in [0.29, 0.717) is 5.56 Å². The number of hydrogen-bond acceptors (Lipinski definition) is 2. The number of aryl methyl sites for hydroxylation is 1. The Balaban J connectivity index is 1.92. The summed E-state index contributed by atoms with van der Waals surface area (Å²) in [5, 5.41) is 5.66. The van der Waals surface area contributed by atoms with Gasteiger partial charge in [-0.25, -0.2) is 4.39 Å². The predicted octanol–water partition coefficient (Wildman–Crippen LogP) is 4.86. The molecule has 3 aromatic rings. The second-order valence-corrected chi connectivity index (χ2v) is 5.28. The van der Waals surface area contributed by atoms with Gasteiger partial charge in [0.1, 0.15) is 5.82 Å². The Kier molecular flexibility index (Phi) is 3.57. The number of nitrogens with one attached hydrogen (secondary N) is 1. The monoisotopic (exact) mass is 280 g/mol. The van der Waals surface area contributed by atoms with Crippen LogP contribution in [0.1, 0.15) is 24.1 Å². The van der Waals surface area contributed by atoms with Gasteiger partial charge in [-0.1, -0.05) is 24.3 Å². The molecule has 0 saturated carbocycles. The highest BCUT2D eigenvalue weighted by Gasteiger charge is 2.09. The molecule has 106 valence electrons. The molecule has 3 rings (SSSR count). The maximum atomic E-state index is 13.7. The van der Waals surface area contributed by atoms with E-state index in [4.69, 9.17) is 0 Å². The molecule has 1 atom stereocenters. The Bertz CT molecular complexity index is 778. The molecule has 0 saturated heterocycles. The fourth-order valence-electron chi connectivity index (χ4n) is 2.44. The van der Waals surface area contributed by atoms with E-state index in [-0.39, 0.29) is 11.9 Å². The van der Waals surface area contributed by atoms with Crippen molar-refractivity contribution in [2.24, 2.45) is 0 Å². The first-order valence-electron chi connectivity index (χ1n) is 7.00. The van der Waals surface area contributed by atoms with Crippen molar-refractivity contribution >= 4 is 16.5 Å². The Morgan fingerprint density at radius 1 is 1.14 bits per heavy atom. The highest BCUT2D eigenvalue weighted by molar-refractivity contribution is 5.93. The zero-order valence-electron chi connectivity index (χ0n) is 12.1. The van der Waals surface area contributed by atoms with Crippen LogP contribution in [0.15, 0.2) is 54.9 Å². The average Bonchev–Trinajstić information content (AvgIpc) is 2.50. The number of pyridine rings is 1. The third-order valence-corrected chi connectivity index (χ3v) is 3.75. The molecule has 1 aromatic heterocycles. The molecule has 2 nitrogen and oxygen atoms in total. The summed E-state index contributed by atoms with van der Waals surface area (Å²) >= 11 is 0. The fourth-order valence-corrected chi connectivity index (χ4v) is 2.44. The van der Waals surface area contributed by atoms with Gasteiger partial charge >= 0.3 is 0 Å². The van der Waals surface area contributed by atoms with E-state index in [2.05, 4.69) is 10.3 Å². The first-order chi connectivity index (χ1) is 10.1. The summed E-state index contributed by atoms with van der Waals surface area (Å²) in [4.78, 5) is 4.14. The molecule has 0 aliphatic carbocycles. The number of benzene rings is 2. The lowest BCUT2D eigenvalue weighted by atomic mass is 10.0. The molecule has 1 heterocycles. The molecule has 1 unspecified atom stereocenters. The van der Waals surface area contributed by atoms with Crippen molar-refractivity contribution in [1.82, 2.24) is 4.98 Å². The number of aromatic nitrogens is 1. The molecular formula is C18H17FN2. The number of nitrogens with zero attached hydrogens (tertiary/aromatic N) is 1. The van der Waals surface area contributed by atoms with Crippen molar-refractivity contribution in [3.05, 3.63) is 71.8 Å². The van der Waals surface area contributed by atoms with Crippen LogP contribution in [-0.2, 0) is 0 Å². The third-order valence-electron chi connectivity index (χ3n) is 3.75. The van der Waals surface area contributed by atoms with Crippen LogP contribution < -0.4 is 5.32 Å². The summed E-state index contributed by atoms with van der Waals surface area (Å²) < 4.78 is 13.7. The Labute approximate surface area is 123 Å². The summed E-state index contributed by atoms with van der Waals surface area (Å²) in [6.07, 6.45) is 3.63. The van der Waals surface area contributed by atoms with E-state index in [1.807, 2.05) is 49.5 Å². The van der Waals surface area contributed by atoms with Gasteiger partial charge < -0.3 is 5.32 Å². The Hall–Kier alpha value is -2.42. The fraction of sp³-hybridized carbons (Fsp3) is 0.167. The summed E-state index contributed by atoms with van der Waals surface area (Å²) in [6, 6.07) is 13.4. The van der Waals surface area contributed by atoms with Crippen LogP contribution in [0.4, 0.5) is 10.1 Å². The van der Waals surface area contributed by atoms with Crippen LogP contribution in [0.3, 0.4) is 0 Å². The quantitative estimate of drug-likeness (QED) is 0.741. The van der Waals surface area contributed by atoms with Crippen LogP contribution in [0.5, 0.6) is 0 Å². The number of rotatable bonds is 3. The second kappa shape index (κ2) is 5.52. The summed E-state index contributed by atoms with van der Waals surface area (Å²) in [5.41, 5.74) is 2.63. The molecule has 1 N–H and O–H groups in total. The average molecular weight is 280 g/mol. The van der Waals surface area contributed by atoms with Crippen LogP contribution >= 0.6 is 0 Å². The molecule has 3 heteroatoms. The van der Waals surface area contributed by atoms with Crippen molar-refractivity contribution < 1.29 is 4.39 Å². The second-order valence-electron chi connectivity index (χ2n) is 5.28. The van der Waals surface area contributed by atoms with E-state index in [1.54, 1.807) is 19.2 Å². The summed E-state index contributed by atoms with van der Waals surface area (Å²) in [6.45, 7) is 3.80. The molecule has 0 spiro atoms. The standard InChI is InChI=1S/C18H17FN2/c1-12-6-7-14(10-17(12)19)13(2)21-18-5-3-4-15-11-20-9-8-16(15)18/h3-11,13,21H,1-2H3. The van der Waals surface area contributed by atoms with Gasteiger partial charge in [-0.05, 0) is 43.2 Å². The van der Waals surface area contributed by atoms with E-state index in [0.717, 1.165) is 22.0 Å². The van der Waals surface area contributed by atoms with E-state index >= 15 is 0 Å². The normalized spacial score (nSPS) is 12.3. The van der Waals surface area contributed by atoms with E-state index in [9.17, 15) is 4.39 Å². The van der Waals surface area contributed by atoms with Gasteiger partial charge in [0.25, 0.3) is 0 Å². The maximum Gasteiger partial charge on any atom is 0.126 e.